The number of aliphatic hydroxyl groups is 1. The fourth-order valence-electron chi connectivity index (χ4n) is 3.48. The van der Waals surface area contributed by atoms with Gasteiger partial charge in [0, 0.05) is 25.7 Å². The molecule has 1 saturated carbocycles. The van der Waals surface area contributed by atoms with Crippen LogP contribution in [0.15, 0.2) is 24.3 Å². The van der Waals surface area contributed by atoms with E-state index in [1.165, 1.54) is 0 Å². The third kappa shape index (κ3) is 5.21. The minimum atomic E-state index is -0.206. The zero-order valence-electron chi connectivity index (χ0n) is 14.8. The molecule has 134 valence electrons. The number of carbonyl (C=O) groups excluding carboxylic acids is 1. The van der Waals surface area contributed by atoms with Crippen LogP contribution in [0.1, 0.15) is 45.1 Å². The molecular weight excluding hydrogens is 304 g/mol. The van der Waals surface area contributed by atoms with Gasteiger partial charge in [0.15, 0.2) is 0 Å². The summed E-state index contributed by atoms with van der Waals surface area (Å²) in [7, 11) is 0. The highest BCUT2D eigenvalue weighted by atomic mass is 16.3. The molecule has 1 aromatic rings. The number of benzene rings is 1. The van der Waals surface area contributed by atoms with Crippen molar-refractivity contribution in [3.63, 3.8) is 0 Å². The van der Waals surface area contributed by atoms with Crippen LogP contribution < -0.4 is 0 Å². The molecule has 1 fully saturated rings. The van der Waals surface area contributed by atoms with Crippen LogP contribution >= 0.6 is 0 Å². The van der Waals surface area contributed by atoms with E-state index in [0.29, 0.717) is 19.1 Å². The van der Waals surface area contributed by atoms with E-state index in [1.54, 1.807) is 12.1 Å². The lowest BCUT2D eigenvalue weighted by Crippen LogP contribution is -2.45. The summed E-state index contributed by atoms with van der Waals surface area (Å²) in [6.07, 6.45) is 3.19. The van der Waals surface area contributed by atoms with Crippen LogP contribution in [0, 0.1) is 0 Å². The lowest BCUT2D eigenvalue weighted by atomic mass is 9.91. The summed E-state index contributed by atoms with van der Waals surface area (Å²) in [6, 6.07) is 7.53. The molecule has 5 heteroatoms. The average molecular weight is 334 g/mol. The third-order valence-electron chi connectivity index (χ3n) is 4.93. The van der Waals surface area contributed by atoms with Gasteiger partial charge < -0.3 is 15.1 Å². The minimum Gasteiger partial charge on any atom is -0.508 e. The topological polar surface area (TPSA) is 64.0 Å². The molecule has 2 N–H and O–H groups in total. The summed E-state index contributed by atoms with van der Waals surface area (Å²) in [5, 5.41) is 19.4. The maximum atomic E-state index is 12.6. The number of aromatic hydroxyl groups is 1. The van der Waals surface area contributed by atoms with Gasteiger partial charge in [-0.3, -0.25) is 9.69 Å². The second-order valence-corrected chi connectivity index (χ2v) is 6.60. The van der Waals surface area contributed by atoms with Crippen molar-refractivity contribution < 1.29 is 15.0 Å². The largest absolute Gasteiger partial charge is 0.508 e. The molecule has 0 radical (unpaired) electrons. The maximum absolute atomic E-state index is 12.6. The van der Waals surface area contributed by atoms with E-state index in [0.717, 1.165) is 44.3 Å². The highest BCUT2D eigenvalue weighted by molar-refractivity contribution is 5.78. The predicted octanol–water partition coefficient (Wildman–Crippen LogP) is 2.37. The SMILES string of the molecule is CCN(CC)C(=O)CN(Cc1cccc(O)c1)C1CCC(O)CC1. The summed E-state index contributed by atoms with van der Waals surface area (Å²) in [4.78, 5) is 16.6. The molecule has 0 atom stereocenters. The van der Waals surface area contributed by atoms with E-state index in [1.807, 2.05) is 30.9 Å². The van der Waals surface area contributed by atoms with Crippen LogP contribution in [0.5, 0.6) is 5.75 Å². The zero-order chi connectivity index (χ0) is 17.5. The van der Waals surface area contributed by atoms with Gasteiger partial charge in [0.1, 0.15) is 5.75 Å². The first-order valence-corrected chi connectivity index (χ1v) is 9.01. The van der Waals surface area contributed by atoms with Crippen LogP contribution in [0.3, 0.4) is 0 Å². The first-order chi connectivity index (χ1) is 11.5. The monoisotopic (exact) mass is 334 g/mol. The van der Waals surface area contributed by atoms with Crippen molar-refractivity contribution in [2.75, 3.05) is 19.6 Å². The molecule has 1 amide bonds. The molecule has 0 spiro atoms. The molecule has 0 saturated heterocycles. The summed E-state index contributed by atoms with van der Waals surface area (Å²) in [5.41, 5.74) is 1.01. The van der Waals surface area contributed by atoms with Crippen LogP contribution in [0.2, 0.25) is 0 Å². The van der Waals surface area contributed by atoms with Crippen molar-refractivity contribution in [3.05, 3.63) is 29.8 Å². The van der Waals surface area contributed by atoms with Gasteiger partial charge in [-0.05, 0) is 57.2 Å². The quantitative estimate of drug-likeness (QED) is 0.803. The van der Waals surface area contributed by atoms with Crippen LogP contribution in [0.25, 0.3) is 0 Å². The van der Waals surface area contributed by atoms with E-state index in [2.05, 4.69) is 4.90 Å². The van der Waals surface area contributed by atoms with Crippen LogP contribution in [0.4, 0.5) is 0 Å². The molecular formula is C19H30N2O3. The lowest BCUT2D eigenvalue weighted by Gasteiger charge is -2.36. The number of carbonyl (C=O) groups is 1. The van der Waals surface area contributed by atoms with Crippen molar-refractivity contribution in [1.29, 1.82) is 0 Å². The Labute approximate surface area is 144 Å². The summed E-state index contributed by atoms with van der Waals surface area (Å²) >= 11 is 0. The fourth-order valence-corrected chi connectivity index (χ4v) is 3.48. The molecule has 0 aromatic heterocycles. The van der Waals surface area contributed by atoms with Crippen molar-refractivity contribution in [2.24, 2.45) is 0 Å². The standard InChI is InChI=1S/C19H30N2O3/c1-3-20(4-2)19(24)14-21(16-8-10-17(22)11-9-16)13-15-6-5-7-18(23)12-15/h5-7,12,16-17,22-23H,3-4,8-11,13-14H2,1-2H3. The van der Waals surface area contributed by atoms with Gasteiger partial charge in [0.05, 0.1) is 12.6 Å². The smallest absolute Gasteiger partial charge is 0.236 e. The van der Waals surface area contributed by atoms with Crippen molar-refractivity contribution in [3.8, 4) is 5.75 Å². The van der Waals surface area contributed by atoms with Crippen molar-refractivity contribution in [2.45, 2.75) is 58.2 Å². The molecule has 0 unspecified atom stereocenters. The number of hydrogen-bond acceptors (Lipinski definition) is 4. The zero-order valence-corrected chi connectivity index (χ0v) is 14.8. The number of phenols is 1. The van der Waals surface area contributed by atoms with E-state index >= 15 is 0 Å². The minimum absolute atomic E-state index is 0.145. The van der Waals surface area contributed by atoms with E-state index in [9.17, 15) is 15.0 Å². The molecule has 2 rings (SSSR count). The molecule has 1 aromatic carbocycles. The van der Waals surface area contributed by atoms with E-state index in [4.69, 9.17) is 0 Å². The Hall–Kier alpha value is -1.59. The van der Waals surface area contributed by atoms with Gasteiger partial charge in [0.25, 0.3) is 0 Å². The first kappa shape index (κ1) is 18.7. The van der Waals surface area contributed by atoms with Gasteiger partial charge in [0.2, 0.25) is 5.91 Å². The van der Waals surface area contributed by atoms with Crippen LogP contribution in [-0.4, -0.2) is 57.7 Å². The Bertz CT molecular complexity index is 523. The van der Waals surface area contributed by atoms with Crippen molar-refractivity contribution >= 4 is 5.91 Å². The Morgan fingerprint density at radius 2 is 1.83 bits per heavy atom. The van der Waals surface area contributed by atoms with Gasteiger partial charge >= 0.3 is 0 Å². The highest BCUT2D eigenvalue weighted by Crippen LogP contribution is 2.25. The molecule has 0 bridgehead atoms. The number of hydrogen-bond donors (Lipinski definition) is 2. The fraction of sp³-hybridized carbons (Fsp3) is 0.632. The van der Waals surface area contributed by atoms with Gasteiger partial charge in [-0.25, -0.2) is 0 Å². The number of rotatable bonds is 7. The first-order valence-electron chi connectivity index (χ1n) is 9.01. The Morgan fingerprint density at radius 1 is 1.17 bits per heavy atom. The normalized spacial score (nSPS) is 21.0. The predicted molar refractivity (Wildman–Crippen MR) is 94.7 cm³/mol. The van der Waals surface area contributed by atoms with Gasteiger partial charge in [-0.1, -0.05) is 12.1 Å². The number of phenolic OH excluding ortho intramolecular Hbond substituents is 1. The van der Waals surface area contributed by atoms with Gasteiger partial charge in [-0.15, -0.1) is 0 Å². The summed E-state index contributed by atoms with van der Waals surface area (Å²) < 4.78 is 0. The molecule has 1 aliphatic carbocycles. The highest BCUT2D eigenvalue weighted by Gasteiger charge is 2.27. The van der Waals surface area contributed by atoms with E-state index in [-0.39, 0.29) is 17.8 Å². The maximum Gasteiger partial charge on any atom is 0.236 e. The Balaban J connectivity index is 2.10. The number of nitrogens with zero attached hydrogens (tertiary/aromatic N) is 2. The number of amides is 1. The summed E-state index contributed by atoms with van der Waals surface area (Å²) in [5.74, 6) is 0.396. The summed E-state index contributed by atoms with van der Waals surface area (Å²) in [6.45, 7) is 6.47. The van der Waals surface area contributed by atoms with Crippen molar-refractivity contribution in [1.82, 2.24) is 9.80 Å². The third-order valence-corrected chi connectivity index (χ3v) is 4.93. The molecule has 24 heavy (non-hydrogen) atoms. The lowest BCUT2D eigenvalue weighted by molar-refractivity contribution is -0.133. The molecule has 0 aliphatic heterocycles. The molecule has 5 nitrogen and oxygen atoms in total. The second-order valence-electron chi connectivity index (χ2n) is 6.60. The van der Waals surface area contributed by atoms with E-state index < -0.39 is 0 Å². The molecule has 0 heterocycles. The Kier molecular flexibility index (Phi) is 7.06. The average Bonchev–Trinajstić information content (AvgIpc) is 2.56. The Morgan fingerprint density at radius 3 is 2.42 bits per heavy atom. The number of aliphatic hydroxyl groups excluding tert-OH is 1. The second kappa shape index (κ2) is 9.04. The molecule has 1 aliphatic rings. The van der Waals surface area contributed by atoms with Gasteiger partial charge in [-0.2, -0.15) is 0 Å². The van der Waals surface area contributed by atoms with Crippen LogP contribution in [-0.2, 0) is 11.3 Å². The number of likely N-dealkylation sites (N-methyl/N-ethyl adjacent to an activating group) is 1.